The van der Waals surface area contributed by atoms with Crippen LogP contribution in [0.15, 0.2) is 69.2 Å². The van der Waals surface area contributed by atoms with E-state index in [2.05, 4.69) is 44.4 Å². The summed E-state index contributed by atoms with van der Waals surface area (Å²) >= 11 is 1.51. The molecule has 2 fully saturated rings. The Bertz CT molecular complexity index is 1270. The fourth-order valence-corrected chi connectivity index (χ4v) is 5.74. The van der Waals surface area contributed by atoms with Gasteiger partial charge in [0.15, 0.2) is 23.8 Å². The maximum atomic E-state index is 12.9. The Kier molecular flexibility index (Phi) is 5.92. The normalized spacial score (nSPS) is 22.2. The van der Waals surface area contributed by atoms with Crippen LogP contribution in [-0.4, -0.2) is 95.3 Å². The molecule has 186 valence electrons. The maximum absolute atomic E-state index is 12.9. The molecule has 0 radical (unpaired) electrons. The van der Waals surface area contributed by atoms with Gasteiger partial charge in [0.1, 0.15) is 5.52 Å². The molecule has 3 aromatic rings. The number of hydrogen-bond donors (Lipinski definition) is 1. The average molecular weight is 506 g/mol. The number of imide groups is 1. The van der Waals surface area contributed by atoms with E-state index in [1.807, 2.05) is 35.2 Å². The van der Waals surface area contributed by atoms with E-state index in [1.54, 1.807) is 7.05 Å². The molecule has 0 saturated carbocycles. The van der Waals surface area contributed by atoms with Crippen molar-refractivity contribution < 1.29 is 14.0 Å². The van der Waals surface area contributed by atoms with Crippen LogP contribution in [0.5, 0.6) is 0 Å². The third-order valence-electron chi connectivity index (χ3n) is 6.85. The molecule has 10 nitrogen and oxygen atoms in total. The summed E-state index contributed by atoms with van der Waals surface area (Å²) in [5, 5.41) is 3.08. The van der Waals surface area contributed by atoms with Crippen LogP contribution in [0.2, 0.25) is 0 Å². The standard InChI is InChI=1S/C25H27N7O3S/c1-29-21-20(22(33)28-24(29)34)32(15-16-36-25-26-18-9-5-6-10-19(18)35-25)23(27-21)31-13-11-30(12-14-31)17-7-3-2-4-8-17/h2-10,20-21H,11-16H2,1H3,(H,28,33,34). The second-order valence-corrected chi connectivity index (χ2v) is 10.0. The fraction of sp³-hybridized carbons (Fsp3) is 0.360. The highest BCUT2D eigenvalue weighted by molar-refractivity contribution is 7.99. The van der Waals surface area contributed by atoms with E-state index >= 15 is 0 Å². The molecule has 2 aromatic carbocycles. The highest BCUT2D eigenvalue weighted by Gasteiger charge is 2.49. The number of urea groups is 1. The Balaban J connectivity index is 1.18. The van der Waals surface area contributed by atoms with Gasteiger partial charge in [-0.3, -0.25) is 10.1 Å². The Morgan fingerprint density at radius 3 is 2.50 bits per heavy atom. The summed E-state index contributed by atoms with van der Waals surface area (Å²) in [5.41, 5.74) is 2.79. The molecule has 0 spiro atoms. The van der Waals surface area contributed by atoms with Gasteiger partial charge in [0.05, 0.1) is 0 Å². The molecular formula is C25H27N7O3S. The molecular weight excluding hydrogens is 478 g/mol. The third kappa shape index (κ3) is 4.13. The minimum atomic E-state index is -0.556. The number of para-hydroxylation sites is 3. The van der Waals surface area contributed by atoms with Gasteiger partial charge in [-0.05, 0) is 24.3 Å². The van der Waals surface area contributed by atoms with E-state index in [4.69, 9.17) is 9.41 Å². The largest absolute Gasteiger partial charge is 0.431 e. The van der Waals surface area contributed by atoms with Gasteiger partial charge >= 0.3 is 6.03 Å². The quantitative estimate of drug-likeness (QED) is 0.528. The molecule has 0 aliphatic carbocycles. The van der Waals surface area contributed by atoms with E-state index in [-0.39, 0.29) is 5.91 Å². The molecule has 1 aromatic heterocycles. The minimum Gasteiger partial charge on any atom is -0.431 e. The summed E-state index contributed by atoms with van der Waals surface area (Å²) in [6.07, 6.45) is -0.539. The van der Waals surface area contributed by atoms with E-state index in [1.165, 1.54) is 22.3 Å². The molecule has 2 unspecified atom stereocenters. The lowest BCUT2D eigenvalue weighted by Crippen LogP contribution is -2.64. The number of likely N-dealkylation sites (N-methyl/N-ethyl adjacent to an activating group) is 1. The van der Waals surface area contributed by atoms with Crippen LogP contribution in [0.1, 0.15) is 0 Å². The first-order valence-corrected chi connectivity index (χ1v) is 13.0. The minimum absolute atomic E-state index is 0.309. The number of guanidine groups is 1. The number of nitrogens with zero attached hydrogens (tertiary/aromatic N) is 6. The summed E-state index contributed by atoms with van der Waals surface area (Å²) in [6, 6.07) is 17.1. The maximum Gasteiger partial charge on any atom is 0.325 e. The second-order valence-electron chi connectivity index (χ2n) is 8.99. The van der Waals surface area contributed by atoms with Crippen molar-refractivity contribution >= 4 is 46.4 Å². The molecule has 3 aliphatic heterocycles. The van der Waals surface area contributed by atoms with Crippen molar-refractivity contribution in [2.45, 2.75) is 17.4 Å². The summed E-state index contributed by atoms with van der Waals surface area (Å²) in [5.74, 6) is 1.12. The highest BCUT2D eigenvalue weighted by atomic mass is 32.2. The number of oxazole rings is 1. The lowest BCUT2D eigenvalue weighted by atomic mass is 10.1. The summed E-state index contributed by atoms with van der Waals surface area (Å²) in [4.78, 5) is 42.8. The zero-order valence-electron chi connectivity index (χ0n) is 19.9. The number of amides is 3. The van der Waals surface area contributed by atoms with Gasteiger partial charge in [0.2, 0.25) is 0 Å². The Morgan fingerprint density at radius 1 is 1.00 bits per heavy atom. The first-order valence-electron chi connectivity index (χ1n) is 12.0. The molecule has 36 heavy (non-hydrogen) atoms. The van der Waals surface area contributed by atoms with Crippen LogP contribution < -0.4 is 10.2 Å². The number of carbonyl (C=O) groups excluding carboxylic acids is 2. The molecule has 0 bridgehead atoms. The third-order valence-corrected chi connectivity index (χ3v) is 7.66. The van der Waals surface area contributed by atoms with E-state index in [9.17, 15) is 9.59 Å². The second kappa shape index (κ2) is 9.38. The van der Waals surface area contributed by atoms with Crippen molar-refractivity contribution in [1.29, 1.82) is 0 Å². The molecule has 11 heteroatoms. The fourth-order valence-electron chi connectivity index (χ4n) is 4.96. The lowest BCUT2D eigenvalue weighted by molar-refractivity contribution is -0.127. The zero-order valence-corrected chi connectivity index (χ0v) is 20.7. The van der Waals surface area contributed by atoms with Gasteiger partial charge in [0.25, 0.3) is 11.1 Å². The van der Waals surface area contributed by atoms with Crippen molar-refractivity contribution in [3.63, 3.8) is 0 Å². The number of fused-ring (bicyclic) bond motifs is 2. The van der Waals surface area contributed by atoms with Gasteiger partial charge in [-0.2, -0.15) is 0 Å². The summed E-state index contributed by atoms with van der Waals surface area (Å²) in [7, 11) is 1.68. The predicted molar refractivity (Wildman–Crippen MR) is 138 cm³/mol. The molecule has 2 saturated heterocycles. The number of hydrogen-bond acceptors (Lipinski definition) is 9. The molecule has 3 amide bonds. The van der Waals surface area contributed by atoms with Gasteiger partial charge in [-0.1, -0.05) is 42.1 Å². The Labute approximate surface area is 212 Å². The molecule has 1 N–H and O–H groups in total. The van der Waals surface area contributed by atoms with Crippen molar-refractivity contribution in [3.8, 4) is 0 Å². The molecule has 3 aliphatic rings. The molecule has 6 rings (SSSR count). The smallest absolute Gasteiger partial charge is 0.325 e. The van der Waals surface area contributed by atoms with Crippen LogP contribution >= 0.6 is 11.8 Å². The summed E-state index contributed by atoms with van der Waals surface area (Å²) in [6.45, 7) is 3.83. The number of aromatic nitrogens is 1. The number of thioether (sulfide) groups is 1. The van der Waals surface area contributed by atoms with E-state index in [0.717, 1.165) is 43.2 Å². The number of aliphatic imine (C=N–C) groups is 1. The molecule has 2 atom stereocenters. The molecule has 4 heterocycles. The first-order chi connectivity index (χ1) is 17.6. The van der Waals surface area contributed by atoms with Crippen LogP contribution in [0.3, 0.4) is 0 Å². The number of carbonyl (C=O) groups is 2. The van der Waals surface area contributed by atoms with Crippen LogP contribution in [0.25, 0.3) is 11.1 Å². The van der Waals surface area contributed by atoms with E-state index < -0.39 is 18.2 Å². The Morgan fingerprint density at radius 2 is 1.72 bits per heavy atom. The van der Waals surface area contributed by atoms with Gasteiger partial charge in [-0.15, -0.1) is 0 Å². The van der Waals surface area contributed by atoms with Crippen LogP contribution in [0, 0.1) is 0 Å². The Hall–Kier alpha value is -3.73. The van der Waals surface area contributed by atoms with Crippen LogP contribution in [-0.2, 0) is 4.79 Å². The predicted octanol–water partition coefficient (Wildman–Crippen LogP) is 2.29. The topological polar surface area (TPSA) is 97.5 Å². The monoisotopic (exact) mass is 505 g/mol. The van der Waals surface area contributed by atoms with Gasteiger partial charge in [0, 0.05) is 51.2 Å². The zero-order chi connectivity index (χ0) is 24.6. The summed E-state index contributed by atoms with van der Waals surface area (Å²) < 4.78 is 5.84. The van der Waals surface area contributed by atoms with Crippen molar-refractivity contribution in [2.75, 3.05) is 50.4 Å². The number of piperazine rings is 1. The van der Waals surface area contributed by atoms with Gasteiger partial charge in [-0.25, -0.2) is 14.8 Å². The number of rotatable bonds is 5. The highest BCUT2D eigenvalue weighted by Crippen LogP contribution is 2.28. The van der Waals surface area contributed by atoms with Gasteiger partial charge < -0.3 is 24.0 Å². The lowest BCUT2D eigenvalue weighted by Gasteiger charge is -2.41. The first kappa shape index (κ1) is 22.7. The average Bonchev–Trinajstić information content (AvgIpc) is 3.50. The van der Waals surface area contributed by atoms with E-state index in [0.29, 0.717) is 17.5 Å². The van der Waals surface area contributed by atoms with Crippen LogP contribution in [0.4, 0.5) is 10.5 Å². The number of benzene rings is 2. The SMILES string of the molecule is CN1C(=O)NC(=O)C2C1N=C(N1CCN(c3ccccc3)CC1)N2CCSc1nc2ccccc2o1. The van der Waals surface area contributed by atoms with Crippen molar-refractivity contribution in [3.05, 3.63) is 54.6 Å². The van der Waals surface area contributed by atoms with Crippen molar-refractivity contribution in [1.82, 2.24) is 25.0 Å². The number of anilines is 1. The van der Waals surface area contributed by atoms with Crippen molar-refractivity contribution in [2.24, 2.45) is 4.99 Å². The number of nitrogens with one attached hydrogen (secondary N) is 1.